The van der Waals surface area contributed by atoms with Crippen molar-refractivity contribution in [3.63, 3.8) is 0 Å². The van der Waals surface area contributed by atoms with Crippen LogP contribution >= 0.6 is 0 Å². The number of hydrogen-bond donors (Lipinski definition) is 1. The fraction of sp³-hybridized carbons (Fsp3) is 0.500. The van der Waals surface area contributed by atoms with Gasteiger partial charge in [-0.15, -0.1) is 0 Å². The molecule has 1 saturated heterocycles. The third-order valence-corrected chi connectivity index (χ3v) is 2.97. The van der Waals surface area contributed by atoms with Gasteiger partial charge < -0.3 is 15.0 Å². The van der Waals surface area contributed by atoms with Gasteiger partial charge in [0.2, 0.25) is 5.91 Å². The Morgan fingerprint density at radius 3 is 2.71 bits per heavy atom. The molecule has 0 unspecified atom stereocenters. The van der Waals surface area contributed by atoms with Gasteiger partial charge >= 0.3 is 6.09 Å². The standard InChI is InChI=1S/C14H20N4O3/c1-5-12(19)16-11-6-7-15-18(11)10-8-17(9-10)13(20)21-14(2,3)4/h5-7,10H,1,8-9H2,2-4H3,(H,16,19). The second-order valence-electron chi connectivity index (χ2n) is 5.89. The number of carbonyl (C=O) groups is 2. The van der Waals surface area contributed by atoms with Crippen molar-refractivity contribution in [2.75, 3.05) is 18.4 Å². The Balaban J connectivity index is 1.93. The molecular formula is C14H20N4O3. The Morgan fingerprint density at radius 1 is 1.48 bits per heavy atom. The summed E-state index contributed by atoms with van der Waals surface area (Å²) in [6.07, 6.45) is 2.47. The fourth-order valence-electron chi connectivity index (χ4n) is 1.97. The number of carbonyl (C=O) groups excluding carboxylic acids is 2. The number of nitrogens with zero attached hydrogens (tertiary/aromatic N) is 3. The maximum Gasteiger partial charge on any atom is 0.410 e. The molecule has 2 rings (SSSR count). The van der Waals surface area contributed by atoms with Gasteiger partial charge in [0.15, 0.2) is 0 Å². The Kier molecular flexibility index (Phi) is 4.02. The van der Waals surface area contributed by atoms with Crippen LogP contribution in [0.1, 0.15) is 26.8 Å². The van der Waals surface area contributed by atoms with Crippen molar-refractivity contribution in [1.29, 1.82) is 0 Å². The first-order chi connectivity index (χ1) is 9.80. The number of aromatic nitrogens is 2. The van der Waals surface area contributed by atoms with Gasteiger partial charge in [-0.2, -0.15) is 5.10 Å². The molecule has 1 aromatic rings. The topological polar surface area (TPSA) is 76.5 Å². The molecule has 7 nitrogen and oxygen atoms in total. The van der Waals surface area contributed by atoms with Crippen molar-refractivity contribution in [1.82, 2.24) is 14.7 Å². The molecule has 1 fully saturated rings. The minimum absolute atomic E-state index is 0.0348. The largest absolute Gasteiger partial charge is 0.444 e. The van der Waals surface area contributed by atoms with Crippen LogP contribution in [0.2, 0.25) is 0 Å². The second kappa shape index (κ2) is 5.59. The van der Waals surface area contributed by atoms with Gasteiger partial charge in [0, 0.05) is 19.2 Å². The highest BCUT2D eigenvalue weighted by atomic mass is 16.6. The smallest absolute Gasteiger partial charge is 0.410 e. The number of hydrogen-bond acceptors (Lipinski definition) is 4. The molecule has 2 heterocycles. The van der Waals surface area contributed by atoms with E-state index in [1.807, 2.05) is 20.8 Å². The lowest BCUT2D eigenvalue weighted by Gasteiger charge is -2.40. The summed E-state index contributed by atoms with van der Waals surface area (Å²) < 4.78 is 6.99. The summed E-state index contributed by atoms with van der Waals surface area (Å²) in [6.45, 7) is 9.92. The van der Waals surface area contributed by atoms with Crippen LogP contribution in [-0.2, 0) is 9.53 Å². The molecule has 0 spiro atoms. The molecule has 21 heavy (non-hydrogen) atoms. The van der Waals surface area contributed by atoms with Crippen molar-refractivity contribution >= 4 is 17.8 Å². The van der Waals surface area contributed by atoms with Gasteiger partial charge in [0.25, 0.3) is 0 Å². The first kappa shape index (κ1) is 15.1. The van der Waals surface area contributed by atoms with E-state index < -0.39 is 5.60 Å². The average Bonchev–Trinajstić information content (AvgIpc) is 2.72. The van der Waals surface area contributed by atoms with Crippen molar-refractivity contribution in [3.05, 3.63) is 24.9 Å². The lowest BCUT2D eigenvalue weighted by atomic mass is 10.1. The van der Waals surface area contributed by atoms with Gasteiger partial charge in [-0.3, -0.25) is 4.79 Å². The van der Waals surface area contributed by atoms with Crippen molar-refractivity contribution in [2.45, 2.75) is 32.4 Å². The van der Waals surface area contributed by atoms with Crippen LogP contribution < -0.4 is 5.32 Å². The van der Waals surface area contributed by atoms with E-state index in [2.05, 4.69) is 17.0 Å². The number of likely N-dealkylation sites (tertiary alicyclic amines) is 1. The zero-order valence-corrected chi connectivity index (χ0v) is 12.5. The Hall–Kier alpha value is -2.31. The second-order valence-corrected chi connectivity index (χ2v) is 5.89. The molecule has 114 valence electrons. The predicted octanol–water partition coefficient (Wildman–Crippen LogP) is 1.80. The van der Waals surface area contributed by atoms with Crippen molar-refractivity contribution in [2.24, 2.45) is 0 Å². The summed E-state index contributed by atoms with van der Waals surface area (Å²) in [5, 5.41) is 6.86. The number of anilines is 1. The van der Waals surface area contributed by atoms with E-state index in [9.17, 15) is 9.59 Å². The Bertz CT molecular complexity index is 553. The molecule has 7 heteroatoms. The lowest BCUT2D eigenvalue weighted by Crippen LogP contribution is -2.52. The van der Waals surface area contributed by atoms with E-state index in [0.717, 1.165) is 0 Å². The minimum Gasteiger partial charge on any atom is -0.444 e. The quantitative estimate of drug-likeness (QED) is 0.862. The summed E-state index contributed by atoms with van der Waals surface area (Å²) in [6, 6.07) is 1.74. The number of ether oxygens (including phenoxy) is 1. The van der Waals surface area contributed by atoms with E-state index in [1.165, 1.54) is 6.08 Å². The first-order valence-electron chi connectivity index (χ1n) is 6.75. The molecule has 1 aromatic heterocycles. The summed E-state index contributed by atoms with van der Waals surface area (Å²) in [4.78, 5) is 24.8. The van der Waals surface area contributed by atoms with Crippen molar-refractivity contribution < 1.29 is 14.3 Å². The van der Waals surface area contributed by atoms with Crippen LogP contribution in [0.15, 0.2) is 24.9 Å². The van der Waals surface area contributed by atoms with Gasteiger partial charge in [0.05, 0.1) is 12.2 Å². The monoisotopic (exact) mass is 292 g/mol. The fourth-order valence-corrected chi connectivity index (χ4v) is 1.97. The molecule has 0 bridgehead atoms. The van der Waals surface area contributed by atoms with Gasteiger partial charge in [0.1, 0.15) is 11.4 Å². The number of nitrogens with one attached hydrogen (secondary N) is 1. The third-order valence-electron chi connectivity index (χ3n) is 2.97. The normalized spacial score (nSPS) is 15.3. The van der Waals surface area contributed by atoms with Gasteiger partial charge in [-0.1, -0.05) is 6.58 Å². The van der Waals surface area contributed by atoms with E-state index in [4.69, 9.17) is 4.74 Å². The molecule has 2 amide bonds. The third kappa shape index (κ3) is 3.62. The molecule has 1 aliphatic rings. The molecule has 0 aromatic carbocycles. The van der Waals surface area contributed by atoms with Crippen LogP contribution in [0.4, 0.5) is 10.6 Å². The molecule has 0 atom stereocenters. The average molecular weight is 292 g/mol. The molecule has 0 aliphatic carbocycles. The molecule has 0 saturated carbocycles. The Morgan fingerprint density at radius 2 is 2.14 bits per heavy atom. The van der Waals surface area contributed by atoms with Crippen molar-refractivity contribution in [3.8, 4) is 0 Å². The molecule has 0 radical (unpaired) electrons. The number of amides is 2. The summed E-state index contributed by atoms with van der Waals surface area (Å²) >= 11 is 0. The van der Waals surface area contributed by atoms with Crippen LogP contribution in [0.25, 0.3) is 0 Å². The van der Waals surface area contributed by atoms with E-state index >= 15 is 0 Å². The maximum atomic E-state index is 11.9. The summed E-state index contributed by atoms with van der Waals surface area (Å²) in [5.74, 6) is 0.300. The highest BCUT2D eigenvalue weighted by Crippen LogP contribution is 2.26. The Labute approximate surface area is 123 Å². The van der Waals surface area contributed by atoms with E-state index in [-0.39, 0.29) is 18.0 Å². The van der Waals surface area contributed by atoms with E-state index in [0.29, 0.717) is 18.9 Å². The predicted molar refractivity (Wildman–Crippen MR) is 77.9 cm³/mol. The highest BCUT2D eigenvalue weighted by Gasteiger charge is 2.36. The van der Waals surface area contributed by atoms with Crippen LogP contribution in [0.3, 0.4) is 0 Å². The molecular weight excluding hydrogens is 272 g/mol. The number of rotatable bonds is 3. The van der Waals surface area contributed by atoms with Gasteiger partial charge in [-0.25, -0.2) is 9.48 Å². The zero-order chi connectivity index (χ0) is 15.6. The maximum absolute atomic E-state index is 11.9. The van der Waals surface area contributed by atoms with Gasteiger partial charge in [-0.05, 0) is 26.8 Å². The minimum atomic E-state index is -0.503. The first-order valence-corrected chi connectivity index (χ1v) is 6.75. The van der Waals surface area contributed by atoms with Crippen LogP contribution in [-0.4, -0.2) is 45.4 Å². The molecule has 1 N–H and O–H groups in total. The lowest BCUT2D eigenvalue weighted by molar-refractivity contribution is -0.112. The molecule has 1 aliphatic heterocycles. The SMILES string of the molecule is C=CC(=O)Nc1ccnn1C1CN(C(=O)OC(C)(C)C)C1. The summed E-state index contributed by atoms with van der Waals surface area (Å²) in [5.41, 5.74) is -0.503. The zero-order valence-electron chi connectivity index (χ0n) is 12.5. The van der Waals surface area contributed by atoms with E-state index in [1.54, 1.807) is 21.8 Å². The highest BCUT2D eigenvalue weighted by molar-refractivity contribution is 5.98. The summed E-state index contributed by atoms with van der Waals surface area (Å²) in [7, 11) is 0. The van der Waals surface area contributed by atoms with Crippen LogP contribution in [0, 0.1) is 0 Å². The van der Waals surface area contributed by atoms with Crippen LogP contribution in [0.5, 0.6) is 0 Å².